The van der Waals surface area contributed by atoms with Crippen LogP contribution in [0.4, 0.5) is 0 Å². The van der Waals surface area contributed by atoms with Crippen LogP contribution in [0.2, 0.25) is 5.02 Å². The number of nitrogens with zero attached hydrogens (tertiary/aromatic N) is 2. The molecule has 3 unspecified atom stereocenters. The van der Waals surface area contributed by atoms with Crippen LogP contribution < -0.4 is 10.6 Å². The summed E-state index contributed by atoms with van der Waals surface area (Å²) in [6, 6.07) is 7.93. The largest absolute Gasteiger partial charge is 0.356 e. The van der Waals surface area contributed by atoms with Gasteiger partial charge in [-0.3, -0.25) is 14.4 Å². The van der Waals surface area contributed by atoms with Gasteiger partial charge in [0.05, 0.1) is 6.07 Å². The minimum atomic E-state index is -0.772. The third-order valence-corrected chi connectivity index (χ3v) is 8.19. The van der Waals surface area contributed by atoms with Crippen LogP contribution in [0, 0.1) is 22.7 Å². The van der Waals surface area contributed by atoms with Crippen molar-refractivity contribution in [3.05, 3.63) is 35.0 Å². The summed E-state index contributed by atoms with van der Waals surface area (Å²) in [5.74, 6) is -0.880. The lowest BCUT2D eigenvalue weighted by atomic mass is 9.72. The van der Waals surface area contributed by atoms with Crippen LogP contribution in [0.5, 0.6) is 0 Å². The molecule has 3 aliphatic rings. The van der Waals surface area contributed by atoms with Gasteiger partial charge in [-0.25, -0.2) is 0 Å². The van der Waals surface area contributed by atoms with Crippen LogP contribution >= 0.6 is 11.6 Å². The Morgan fingerprint density at radius 2 is 2.06 bits per heavy atom. The predicted molar refractivity (Wildman–Crippen MR) is 132 cm³/mol. The molecule has 3 heterocycles. The molecule has 8 nitrogen and oxygen atoms in total. The summed E-state index contributed by atoms with van der Waals surface area (Å²) >= 11 is 6.11. The maximum absolute atomic E-state index is 13.7. The highest BCUT2D eigenvalue weighted by atomic mass is 35.5. The van der Waals surface area contributed by atoms with Crippen LogP contribution in [0.25, 0.3) is 10.9 Å². The fourth-order valence-electron chi connectivity index (χ4n) is 6.10. The van der Waals surface area contributed by atoms with Gasteiger partial charge in [0, 0.05) is 34.9 Å². The fourth-order valence-corrected chi connectivity index (χ4v) is 6.28. The first-order chi connectivity index (χ1) is 16.9. The molecule has 0 bridgehead atoms. The molecule has 184 valence electrons. The number of hydrogen-bond acceptors (Lipinski definition) is 4. The van der Waals surface area contributed by atoms with Gasteiger partial charge in [-0.15, -0.1) is 0 Å². The van der Waals surface area contributed by atoms with Crippen molar-refractivity contribution in [3.8, 4) is 6.07 Å². The van der Waals surface area contributed by atoms with E-state index in [4.69, 9.17) is 11.6 Å². The van der Waals surface area contributed by atoms with Crippen LogP contribution in [0.1, 0.15) is 61.9 Å². The van der Waals surface area contributed by atoms with Gasteiger partial charge in [-0.05, 0) is 55.7 Å². The van der Waals surface area contributed by atoms with Crippen LogP contribution in [-0.4, -0.2) is 52.8 Å². The quantitative estimate of drug-likeness (QED) is 0.588. The number of rotatable bonds is 5. The average Bonchev–Trinajstić information content (AvgIpc) is 3.56. The van der Waals surface area contributed by atoms with Crippen molar-refractivity contribution >= 4 is 40.2 Å². The van der Waals surface area contributed by atoms with Crippen molar-refractivity contribution in [1.29, 1.82) is 5.26 Å². The molecule has 1 aromatic heterocycles. The predicted octanol–water partition coefficient (Wildman–Crippen LogP) is 3.52. The number of halogens is 1. The summed E-state index contributed by atoms with van der Waals surface area (Å²) in [4.78, 5) is 44.0. The number of amides is 3. The van der Waals surface area contributed by atoms with Gasteiger partial charge >= 0.3 is 0 Å². The van der Waals surface area contributed by atoms with Crippen LogP contribution in [0.15, 0.2) is 24.3 Å². The number of H-pyrrole nitrogens is 1. The second-order valence-corrected chi connectivity index (χ2v) is 10.8. The Morgan fingerprint density at radius 3 is 2.77 bits per heavy atom. The number of likely N-dealkylation sites (tertiary alicyclic amines) is 1. The molecule has 9 heteroatoms. The van der Waals surface area contributed by atoms with E-state index in [0.717, 1.165) is 36.6 Å². The Hall–Kier alpha value is -3.05. The molecule has 1 aliphatic carbocycles. The van der Waals surface area contributed by atoms with E-state index in [1.807, 2.05) is 6.07 Å². The van der Waals surface area contributed by atoms with Gasteiger partial charge in [0.2, 0.25) is 11.8 Å². The molecule has 1 aromatic carbocycles. The molecule has 2 aromatic rings. The van der Waals surface area contributed by atoms with Crippen molar-refractivity contribution in [2.45, 2.75) is 63.5 Å². The summed E-state index contributed by atoms with van der Waals surface area (Å²) in [5.41, 5.74) is 1.12. The van der Waals surface area contributed by atoms with E-state index < -0.39 is 12.1 Å². The first-order valence-corrected chi connectivity index (χ1v) is 12.8. The van der Waals surface area contributed by atoms with Crippen molar-refractivity contribution < 1.29 is 14.4 Å². The van der Waals surface area contributed by atoms with Crippen molar-refractivity contribution in [2.75, 3.05) is 13.1 Å². The van der Waals surface area contributed by atoms with E-state index in [1.54, 1.807) is 23.1 Å². The summed E-state index contributed by atoms with van der Waals surface area (Å²) in [7, 11) is 0. The Morgan fingerprint density at radius 1 is 1.26 bits per heavy atom. The van der Waals surface area contributed by atoms with Gasteiger partial charge in [0.1, 0.15) is 17.8 Å². The standard InChI is InChI=1S/C26H30ClN5O3/c27-18-5-4-16-11-21(31-20(16)12-18)25(35)32-15-26(7-2-1-3-8-26)13-22(32)24(34)30-19(14-28)10-17-6-9-29-23(17)33/h4-5,11-12,17,19,22,31H,1-3,6-10,13,15H2,(H,29,33)(H,30,34). The van der Waals surface area contributed by atoms with E-state index in [9.17, 15) is 19.6 Å². The summed E-state index contributed by atoms with van der Waals surface area (Å²) < 4.78 is 0. The molecular formula is C26H30ClN5O3. The summed E-state index contributed by atoms with van der Waals surface area (Å²) in [6.07, 6.45) is 6.89. The number of nitriles is 1. The SMILES string of the molecule is N#CC(CC1CCNC1=O)NC(=O)C1CC2(CCCCC2)CN1C(=O)c1cc2ccc(Cl)cc2[nH]1. The van der Waals surface area contributed by atoms with Gasteiger partial charge in [-0.1, -0.05) is 36.9 Å². The molecule has 1 spiro atoms. The van der Waals surface area contributed by atoms with Gasteiger partial charge in [0.15, 0.2) is 0 Å². The summed E-state index contributed by atoms with van der Waals surface area (Å²) in [5, 5.41) is 16.8. The molecule has 1 saturated carbocycles. The minimum Gasteiger partial charge on any atom is -0.356 e. The molecule has 3 atom stereocenters. The van der Waals surface area contributed by atoms with Crippen molar-refractivity contribution in [1.82, 2.24) is 20.5 Å². The van der Waals surface area contributed by atoms with Gasteiger partial charge in [0.25, 0.3) is 5.91 Å². The molecule has 3 N–H and O–H groups in total. The van der Waals surface area contributed by atoms with E-state index in [1.165, 1.54) is 6.42 Å². The van der Waals surface area contributed by atoms with Crippen molar-refractivity contribution in [2.24, 2.45) is 11.3 Å². The number of hydrogen-bond donors (Lipinski definition) is 3. The first-order valence-electron chi connectivity index (χ1n) is 12.4. The lowest BCUT2D eigenvalue weighted by molar-refractivity contribution is -0.126. The molecule has 3 amide bonds. The normalized spacial score (nSPS) is 24.3. The number of aromatic amines is 1. The van der Waals surface area contributed by atoms with E-state index in [0.29, 0.717) is 36.6 Å². The number of carbonyl (C=O) groups is 3. The molecule has 2 saturated heterocycles. The van der Waals surface area contributed by atoms with E-state index in [-0.39, 0.29) is 35.5 Å². The Kier molecular flexibility index (Phi) is 6.45. The minimum absolute atomic E-state index is 0.0707. The lowest BCUT2D eigenvalue weighted by Gasteiger charge is -2.32. The molecular weight excluding hydrogens is 466 g/mol. The van der Waals surface area contributed by atoms with Crippen LogP contribution in [0.3, 0.4) is 0 Å². The number of carbonyl (C=O) groups excluding carboxylic acids is 3. The Bertz CT molecular complexity index is 1200. The topological polar surface area (TPSA) is 118 Å². The lowest BCUT2D eigenvalue weighted by Crippen LogP contribution is -2.49. The zero-order valence-electron chi connectivity index (χ0n) is 19.6. The second-order valence-electron chi connectivity index (χ2n) is 10.3. The maximum atomic E-state index is 13.7. The Labute approximate surface area is 209 Å². The van der Waals surface area contributed by atoms with Crippen molar-refractivity contribution in [3.63, 3.8) is 0 Å². The van der Waals surface area contributed by atoms with E-state index in [2.05, 4.69) is 21.7 Å². The third-order valence-electron chi connectivity index (χ3n) is 7.96. The molecule has 0 radical (unpaired) electrons. The number of fused-ring (bicyclic) bond motifs is 1. The average molecular weight is 496 g/mol. The zero-order valence-corrected chi connectivity index (χ0v) is 20.4. The van der Waals surface area contributed by atoms with Gasteiger partial charge in [-0.2, -0.15) is 5.26 Å². The highest BCUT2D eigenvalue weighted by Gasteiger charge is 2.49. The maximum Gasteiger partial charge on any atom is 0.271 e. The smallest absolute Gasteiger partial charge is 0.271 e. The van der Waals surface area contributed by atoms with E-state index >= 15 is 0 Å². The molecule has 2 aliphatic heterocycles. The number of aromatic nitrogens is 1. The highest BCUT2D eigenvalue weighted by molar-refractivity contribution is 6.31. The number of nitrogens with one attached hydrogen (secondary N) is 3. The molecule has 35 heavy (non-hydrogen) atoms. The third kappa shape index (κ3) is 4.74. The zero-order chi connectivity index (χ0) is 24.6. The second kappa shape index (κ2) is 9.54. The highest BCUT2D eigenvalue weighted by Crippen LogP contribution is 2.46. The fraction of sp³-hybridized carbons (Fsp3) is 0.538. The molecule has 5 rings (SSSR count). The monoisotopic (exact) mass is 495 g/mol. The summed E-state index contributed by atoms with van der Waals surface area (Å²) in [6.45, 7) is 1.13. The Balaban J connectivity index is 1.37. The first kappa shape index (κ1) is 23.7. The number of benzene rings is 1. The van der Waals surface area contributed by atoms with Crippen LogP contribution in [-0.2, 0) is 9.59 Å². The molecule has 3 fully saturated rings. The van der Waals surface area contributed by atoms with Gasteiger partial charge < -0.3 is 20.5 Å².